The molecule has 4 rings (SSSR count). The second-order valence-corrected chi connectivity index (χ2v) is 10.9. The van der Waals surface area contributed by atoms with Gasteiger partial charge < -0.3 is 20.2 Å². The number of aliphatic imine (C=N–C) groups is 1. The van der Waals surface area contributed by atoms with E-state index in [2.05, 4.69) is 21.4 Å². The van der Waals surface area contributed by atoms with Gasteiger partial charge in [-0.05, 0) is 53.5 Å². The zero-order valence-electron chi connectivity index (χ0n) is 23.9. The van der Waals surface area contributed by atoms with Gasteiger partial charge in [-0.3, -0.25) is 4.99 Å². The zero-order chi connectivity index (χ0) is 30.8. The topological polar surface area (TPSA) is 151 Å². The van der Waals surface area contributed by atoms with Gasteiger partial charge in [0.1, 0.15) is 29.2 Å². The number of nitrogens with two attached hydrogens (primary N) is 1. The first-order valence-electron chi connectivity index (χ1n) is 13.3. The molecule has 1 fully saturated rings. The van der Waals surface area contributed by atoms with Crippen LogP contribution in [-0.2, 0) is 11.0 Å². The molecule has 1 amide bonds. The summed E-state index contributed by atoms with van der Waals surface area (Å²) in [5, 5.41) is 20.1. The van der Waals surface area contributed by atoms with Gasteiger partial charge >= 0.3 is 12.4 Å². The molecule has 0 bridgehead atoms. The van der Waals surface area contributed by atoms with Crippen LogP contribution in [0, 0.1) is 11.3 Å². The molecule has 3 N–H and O–H groups in total. The summed E-state index contributed by atoms with van der Waals surface area (Å²) in [6, 6.07) is 4.82. The van der Waals surface area contributed by atoms with Crippen LogP contribution in [0.3, 0.4) is 0 Å². The van der Waals surface area contributed by atoms with Crippen molar-refractivity contribution in [1.82, 2.24) is 19.8 Å². The fourth-order valence-electron chi connectivity index (χ4n) is 4.60. The summed E-state index contributed by atoms with van der Waals surface area (Å²) in [6.07, 6.45) is -0.699. The number of H-pyrrole nitrogens is 1. The third-order valence-electron chi connectivity index (χ3n) is 6.58. The summed E-state index contributed by atoms with van der Waals surface area (Å²) in [7, 11) is 0. The monoisotopic (exact) mass is 588 g/mol. The number of nitriles is 1. The number of rotatable bonds is 6. The predicted octanol–water partition coefficient (Wildman–Crippen LogP) is 3.96. The molecule has 42 heavy (non-hydrogen) atoms. The van der Waals surface area contributed by atoms with E-state index < -0.39 is 18.0 Å². The van der Waals surface area contributed by atoms with E-state index in [1.807, 2.05) is 20.8 Å². The zero-order valence-corrected chi connectivity index (χ0v) is 23.9. The van der Waals surface area contributed by atoms with Crippen molar-refractivity contribution in [2.24, 2.45) is 15.9 Å². The fourth-order valence-corrected chi connectivity index (χ4v) is 4.60. The SMILES string of the molecule is CC(=NC1CCN(C(=O)OC(C)(C)C)CC1)/C(=N\N)c1cc(OC(C)c2ccn(C(F)(F)F)n2)c2c(C#N)c[nH][n+]2c1. The van der Waals surface area contributed by atoms with E-state index in [4.69, 9.17) is 20.3 Å². The first-order chi connectivity index (χ1) is 19.7. The average Bonchev–Trinajstić information content (AvgIpc) is 3.56. The molecule has 0 spiro atoms. The molecule has 1 atom stereocenters. The Morgan fingerprint density at radius 2 is 2.00 bits per heavy atom. The Kier molecular flexibility index (Phi) is 8.46. The number of pyridine rings is 1. The molecule has 12 nitrogen and oxygen atoms in total. The van der Waals surface area contributed by atoms with Crippen LogP contribution in [0.1, 0.15) is 70.4 Å². The summed E-state index contributed by atoms with van der Waals surface area (Å²) < 4.78 is 52.1. The summed E-state index contributed by atoms with van der Waals surface area (Å²) in [5.74, 6) is 6.01. The molecule has 224 valence electrons. The number of fused-ring (bicyclic) bond motifs is 1. The average molecular weight is 589 g/mol. The van der Waals surface area contributed by atoms with Crippen LogP contribution in [0.2, 0.25) is 0 Å². The Morgan fingerprint density at radius 3 is 2.57 bits per heavy atom. The number of piperidine rings is 1. The van der Waals surface area contributed by atoms with E-state index in [1.165, 1.54) is 12.3 Å². The highest BCUT2D eigenvalue weighted by Crippen LogP contribution is 2.29. The maximum absolute atomic E-state index is 13.1. The maximum Gasteiger partial charge on any atom is 0.504 e. The van der Waals surface area contributed by atoms with Crippen molar-refractivity contribution in [2.75, 3.05) is 13.1 Å². The minimum absolute atomic E-state index is 0.0492. The van der Waals surface area contributed by atoms with Gasteiger partial charge in [0.05, 0.1) is 23.5 Å². The molecule has 0 aromatic carbocycles. The summed E-state index contributed by atoms with van der Waals surface area (Å²) in [4.78, 5) is 18.9. The number of amides is 1. The molecule has 1 aliphatic rings. The van der Waals surface area contributed by atoms with Gasteiger partial charge in [-0.2, -0.15) is 25.2 Å². The Labute approximate surface area is 240 Å². The Hall–Kier alpha value is -4.61. The van der Waals surface area contributed by atoms with Gasteiger partial charge in [-0.1, -0.05) is 4.52 Å². The Bertz CT molecular complexity index is 1550. The molecule has 0 aliphatic carbocycles. The van der Waals surface area contributed by atoms with Crippen LogP contribution < -0.4 is 15.1 Å². The molecule has 15 heteroatoms. The molecule has 0 radical (unpaired) electrons. The highest BCUT2D eigenvalue weighted by molar-refractivity contribution is 6.47. The van der Waals surface area contributed by atoms with Crippen molar-refractivity contribution >= 4 is 23.0 Å². The first kappa shape index (κ1) is 30.4. The number of hydrazone groups is 1. The molecule has 0 saturated carbocycles. The van der Waals surface area contributed by atoms with Crippen LogP contribution in [0.5, 0.6) is 5.75 Å². The van der Waals surface area contributed by atoms with E-state index >= 15 is 0 Å². The van der Waals surface area contributed by atoms with Crippen LogP contribution >= 0.6 is 0 Å². The summed E-state index contributed by atoms with van der Waals surface area (Å²) >= 11 is 0. The number of likely N-dealkylation sites (tertiary alicyclic amines) is 1. The number of ether oxygens (including phenoxy) is 2. The van der Waals surface area contributed by atoms with E-state index in [0.29, 0.717) is 48.4 Å². The quantitative estimate of drug-likeness (QED) is 0.193. The third kappa shape index (κ3) is 6.81. The maximum atomic E-state index is 13.1. The first-order valence-corrected chi connectivity index (χ1v) is 13.3. The lowest BCUT2D eigenvalue weighted by Gasteiger charge is -2.32. The van der Waals surface area contributed by atoms with Crippen LogP contribution in [0.15, 0.2) is 40.8 Å². The van der Waals surface area contributed by atoms with Crippen LogP contribution in [-0.4, -0.2) is 62.0 Å². The molecule has 1 saturated heterocycles. The lowest BCUT2D eigenvalue weighted by molar-refractivity contribution is -0.577. The van der Waals surface area contributed by atoms with Gasteiger partial charge in [-0.25, -0.2) is 4.79 Å². The van der Waals surface area contributed by atoms with Gasteiger partial charge in [0.25, 0.3) is 5.52 Å². The van der Waals surface area contributed by atoms with Crippen molar-refractivity contribution in [3.63, 3.8) is 0 Å². The molecule has 1 unspecified atom stereocenters. The Morgan fingerprint density at radius 1 is 1.31 bits per heavy atom. The second-order valence-electron chi connectivity index (χ2n) is 10.9. The van der Waals surface area contributed by atoms with Crippen molar-refractivity contribution < 1.29 is 32.0 Å². The molecule has 3 aromatic rings. The van der Waals surface area contributed by atoms with E-state index in [0.717, 1.165) is 6.20 Å². The van der Waals surface area contributed by atoms with Crippen molar-refractivity contribution in [3.8, 4) is 11.8 Å². The summed E-state index contributed by atoms with van der Waals surface area (Å²) in [5.41, 5.74) is 1.51. The number of alkyl halides is 3. The molecule has 4 heterocycles. The van der Waals surface area contributed by atoms with Crippen LogP contribution in [0.25, 0.3) is 5.52 Å². The highest BCUT2D eigenvalue weighted by Gasteiger charge is 2.33. The third-order valence-corrected chi connectivity index (χ3v) is 6.58. The van der Waals surface area contributed by atoms with Crippen molar-refractivity contribution in [1.29, 1.82) is 5.26 Å². The smallest absolute Gasteiger partial charge is 0.477 e. The molecule has 3 aromatic heterocycles. The van der Waals surface area contributed by atoms with Crippen molar-refractivity contribution in [3.05, 3.63) is 47.5 Å². The predicted molar refractivity (Wildman–Crippen MR) is 146 cm³/mol. The van der Waals surface area contributed by atoms with E-state index in [-0.39, 0.29) is 33.8 Å². The Balaban J connectivity index is 1.58. The lowest BCUT2D eigenvalue weighted by atomic mass is 10.0. The molecular weight excluding hydrogens is 555 g/mol. The minimum Gasteiger partial charge on any atom is -0.477 e. The number of hydrogen-bond donors (Lipinski definition) is 2. The van der Waals surface area contributed by atoms with E-state index in [1.54, 1.807) is 35.5 Å². The number of nitrogens with zero attached hydrogens (tertiary/aromatic N) is 7. The van der Waals surface area contributed by atoms with Gasteiger partial charge in [0.2, 0.25) is 6.20 Å². The van der Waals surface area contributed by atoms with Gasteiger partial charge in [0, 0.05) is 25.4 Å². The minimum atomic E-state index is -4.66. The number of carbonyl (C=O) groups is 1. The normalized spacial score (nSPS) is 16.4. The second kappa shape index (κ2) is 11.7. The molecular formula is C27H33F3N9O3+. The fraction of sp³-hybridized carbons (Fsp3) is 0.481. The van der Waals surface area contributed by atoms with Gasteiger partial charge in [-0.15, -0.1) is 13.2 Å². The standard InChI is InChI=1S/C27H32F3N9O3/c1-16(34-20-6-9-37(10-7-20)25(40)42-26(3,4)5)23(35-32)18-12-22(24-19(13-31)14-33-38(24)15-18)41-17(2)21-8-11-39(36-21)27(28,29)30/h8,11-12,14-15,17,20H,6-7,9-10H2,1-5H3,(H2,32,34)/p+1. The van der Waals surface area contributed by atoms with Gasteiger partial charge in [0.15, 0.2) is 11.3 Å². The van der Waals surface area contributed by atoms with Crippen LogP contribution in [0.4, 0.5) is 18.0 Å². The lowest BCUT2D eigenvalue weighted by Crippen LogP contribution is -2.42. The number of nitrogens with one attached hydrogen (secondary N) is 1. The number of hydrogen-bond acceptors (Lipinski definition) is 8. The number of aromatic amines is 1. The van der Waals surface area contributed by atoms with Crippen molar-refractivity contribution in [2.45, 2.75) is 71.5 Å². The number of aromatic nitrogens is 4. The largest absolute Gasteiger partial charge is 0.504 e. The molecule has 1 aliphatic heterocycles. The number of carbonyl (C=O) groups excluding carboxylic acids is 1. The highest BCUT2D eigenvalue weighted by atomic mass is 19.4. The van der Waals surface area contributed by atoms with E-state index in [9.17, 15) is 23.2 Å². The summed E-state index contributed by atoms with van der Waals surface area (Å²) in [6.45, 7) is 9.77. The number of halogens is 3.